The van der Waals surface area contributed by atoms with Gasteiger partial charge in [0.15, 0.2) is 5.16 Å². The summed E-state index contributed by atoms with van der Waals surface area (Å²) in [5.41, 5.74) is 1.14. The monoisotopic (exact) mass is 298 g/mol. The van der Waals surface area contributed by atoms with E-state index >= 15 is 0 Å². The Balaban J connectivity index is 1.76. The van der Waals surface area contributed by atoms with Gasteiger partial charge in [0.05, 0.1) is 6.07 Å². The third kappa shape index (κ3) is 3.45. The van der Waals surface area contributed by atoms with Crippen LogP contribution in [0.4, 0.5) is 0 Å². The molecule has 1 aliphatic rings. The highest BCUT2D eigenvalue weighted by Crippen LogP contribution is 2.41. The molecular formula is C16H18N4S. The zero-order chi connectivity index (χ0) is 14.5. The van der Waals surface area contributed by atoms with Gasteiger partial charge in [-0.3, -0.25) is 4.57 Å². The van der Waals surface area contributed by atoms with Crippen molar-refractivity contribution in [1.29, 1.82) is 5.26 Å². The molecule has 1 aliphatic carbocycles. The Morgan fingerprint density at radius 2 is 2.00 bits per heavy atom. The molecule has 0 radical (unpaired) electrons. The van der Waals surface area contributed by atoms with Crippen molar-refractivity contribution in [3.8, 4) is 11.8 Å². The van der Waals surface area contributed by atoms with Crippen LogP contribution < -0.4 is 0 Å². The predicted octanol–water partition coefficient (Wildman–Crippen LogP) is 3.93. The average Bonchev–Trinajstić information content (AvgIpc) is 3.28. The van der Waals surface area contributed by atoms with Gasteiger partial charge in [-0.15, -0.1) is 10.2 Å². The number of benzene rings is 1. The molecule has 108 valence electrons. The maximum Gasteiger partial charge on any atom is 0.195 e. The van der Waals surface area contributed by atoms with E-state index in [0.717, 1.165) is 35.3 Å². The molecule has 0 amide bonds. The zero-order valence-electron chi connectivity index (χ0n) is 11.9. The first-order valence-corrected chi connectivity index (χ1v) is 8.39. The van der Waals surface area contributed by atoms with Crippen LogP contribution in [0.2, 0.25) is 0 Å². The van der Waals surface area contributed by atoms with Gasteiger partial charge in [-0.05, 0) is 37.8 Å². The molecule has 21 heavy (non-hydrogen) atoms. The zero-order valence-corrected chi connectivity index (χ0v) is 12.7. The summed E-state index contributed by atoms with van der Waals surface area (Å²) in [5, 5.41) is 18.3. The highest BCUT2D eigenvalue weighted by molar-refractivity contribution is 7.99. The Kier molecular flexibility index (Phi) is 4.56. The minimum absolute atomic E-state index is 0.575. The highest BCUT2D eigenvalue weighted by Gasteiger charge is 2.30. The van der Waals surface area contributed by atoms with E-state index < -0.39 is 0 Å². The second-order valence-electron chi connectivity index (χ2n) is 5.25. The van der Waals surface area contributed by atoms with E-state index in [2.05, 4.69) is 33.0 Å². The summed E-state index contributed by atoms with van der Waals surface area (Å²) >= 11 is 1.74. The van der Waals surface area contributed by atoms with E-state index in [1.54, 1.807) is 11.8 Å². The van der Waals surface area contributed by atoms with Crippen LogP contribution in [0.1, 0.15) is 43.8 Å². The van der Waals surface area contributed by atoms with E-state index in [1.807, 2.05) is 18.2 Å². The minimum Gasteiger partial charge on any atom is -0.274 e. The van der Waals surface area contributed by atoms with Crippen molar-refractivity contribution in [2.45, 2.75) is 43.2 Å². The minimum atomic E-state index is 0.575. The summed E-state index contributed by atoms with van der Waals surface area (Å²) in [6.45, 7) is 0. The lowest BCUT2D eigenvalue weighted by Gasteiger charge is -2.09. The number of para-hydroxylation sites is 1. The van der Waals surface area contributed by atoms with Crippen LogP contribution in [0, 0.1) is 11.3 Å². The van der Waals surface area contributed by atoms with Crippen LogP contribution in [0.25, 0.3) is 5.69 Å². The molecular weight excluding hydrogens is 280 g/mol. The molecule has 1 fully saturated rings. The summed E-state index contributed by atoms with van der Waals surface area (Å²) < 4.78 is 2.20. The molecule has 3 rings (SSSR count). The molecule has 1 heterocycles. The normalized spacial score (nSPS) is 14.0. The van der Waals surface area contributed by atoms with Crippen molar-refractivity contribution >= 4 is 11.8 Å². The summed E-state index contributed by atoms with van der Waals surface area (Å²) in [7, 11) is 0. The molecule has 4 nitrogen and oxygen atoms in total. The van der Waals surface area contributed by atoms with Gasteiger partial charge in [-0.25, -0.2) is 0 Å². The van der Waals surface area contributed by atoms with Gasteiger partial charge in [0.1, 0.15) is 5.82 Å². The number of nitrogens with zero attached hydrogens (tertiary/aromatic N) is 4. The number of nitriles is 1. The van der Waals surface area contributed by atoms with Crippen molar-refractivity contribution in [2.75, 3.05) is 5.75 Å². The maximum absolute atomic E-state index is 8.56. The van der Waals surface area contributed by atoms with Crippen molar-refractivity contribution in [3.05, 3.63) is 36.2 Å². The molecule has 1 aromatic carbocycles. The summed E-state index contributed by atoms with van der Waals surface area (Å²) in [6, 6.07) is 12.5. The Morgan fingerprint density at radius 3 is 2.71 bits per heavy atom. The van der Waals surface area contributed by atoms with Gasteiger partial charge >= 0.3 is 0 Å². The molecule has 1 saturated carbocycles. The van der Waals surface area contributed by atoms with Gasteiger partial charge in [-0.2, -0.15) is 5.26 Å². The molecule has 0 unspecified atom stereocenters. The molecule has 0 bridgehead atoms. The van der Waals surface area contributed by atoms with Gasteiger partial charge in [0.25, 0.3) is 0 Å². The van der Waals surface area contributed by atoms with Crippen LogP contribution >= 0.6 is 11.8 Å². The van der Waals surface area contributed by atoms with E-state index in [0.29, 0.717) is 12.3 Å². The number of rotatable bonds is 7. The van der Waals surface area contributed by atoms with Crippen LogP contribution in [0.15, 0.2) is 35.5 Å². The fraction of sp³-hybridized carbons (Fsp3) is 0.438. The molecule has 0 aliphatic heterocycles. The van der Waals surface area contributed by atoms with Gasteiger partial charge < -0.3 is 0 Å². The third-order valence-corrected chi connectivity index (χ3v) is 4.54. The summed E-state index contributed by atoms with van der Waals surface area (Å²) in [6.07, 6.45) is 5.08. The van der Waals surface area contributed by atoms with Gasteiger partial charge in [-0.1, -0.05) is 30.0 Å². The Morgan fingerprint density at radius 1 is 1.19 bits per heavy atom. The lowest BCUT2D eigenvalue weighted by Crippen LogP contribution is -2.01. The summed E-state index contributed by atoms with van der Waals surface area (Å²) in [5.74, 6) is 2.66. The molecule has 0 saturated heterocycles. The topological polar surface area (TPSA) is 54.5 Å². The second kappa shape index (κ2) is 6.77. The van der Waals surface area contributed by atoms with Crippen molar-refractivity contribution in [2.24, 2.45) is 0 Å². The van der Waals surface area contributed by atoms with Crippen LogP contribution in [-0.2, 0) is 0 Å². The number of thioether (sulfide) groups is 1. The second-order valence-corrected chi connectivity index (χ2v) is 6.31. The summed E-state index contributed by atoms with van der Waals surface area (Å²) in [4.78, 5) is 0. The number of aromatic nitrogens is 3. The fourth-order valence-electron chi connectivity index (χ4n) is 2.27. The smallest absolute Gasteiger partial charge is 0.195 e. The first-order valence-electron chi connectivity index (χ1n) is 7.40. The van der Waals surface area contributed by atoms with E-state index in [1.165, 1.54) is 12.8 Å². The van der Waals surface area contributed by atoms with Crippen molar-refractivity contribution in [1.82, 2.24) is 14.8 Å². The predicted molar refractivity (Wildman–Crippen MR) is 83.5 cm³/mol. The largest absolute Gasteiger partial charge is 0.274 e. The number of hydrogen-bond donors (Lipinski definition) is 0. The Labute approximate surface area is 129 Å². The van der Waals surface area contributed by atoms with Crippen molar-refractivity contribution in [3.63, 3.8) is 0 Å². The quantitative estimate of drug-likeness (QED) is 0.574. The molecule has 0 atom stereocenters. The standard InChI is InChI=1S/C16H18N4S/c17-11-5-2-6-12-21-16-19-18-15(13-9-10-13)20(16)14-7-3-1-4-8-14/h1,3-4,7-8,13H,2,5-6,9-10,12H2. The SMILES string of the molecule is N#CCCCCSc1nnc(C2CC2)n1-c1ccccc1. The fourth-order valence-corrected chi connectivity index (χ4v) is 3.23. The number of hydrogen-bond acceptors (Lipinski definition) is 4. The van der Waals surface area contributed by atoms with E-state index in [-0.39, 0.29) is 0 Å². The average molecular weight is 298 g/mol. The van der Waals surface area contributed by atoms with E-state index in [4.69, 9.17) is 5.26 Å². The van der Waals surface area contributed by atoms with Crippen LogP contribution in [0.5, 0.6) is 0 Å². The van der Waals surface area contributed by atoms with Crippen LogP contribution in [-0.4, -0.2) is 20.5 Å². The molecule has 5 heteroatoms. The Hall–Kier alpha value is -1.80. The molecule has 0 spiro atoms. The molecule has 0 N–H and O–H groups in total. The lowest BCUT2D eigenvalue weighted by molar-refractivity contribution is 0.813. The first kappa shape index (κ1) is 14.2. The third-order valence-electron chi connectivity index (χ3n) is 3.53. The maximum atomic E-state index is 8.56. The Bertz CT molecular complexity index is 625. The first-order chi connectivity index (χ1) is 10.4. The number of unbranched alkanes of at least 4 members (excludes halogenated alkanes) is 2. The van der Waals surface area contributed by atoms with Crippen LogP contribution in [0.3, 0.4) is 0 Å². The molecule has 1 aromatic heterocycles. The van der Waals surface area contributed by atoms with Gasteiger partial charge in [0, 0.05) is 23.8 Å². The lowest BCUT2D eigenvalue weighted by atomic mass is 10.3. The van der Waals surface area contributed by atoms with E-state index in [9.17, 15) is 0 Å². The molecule has 2 aromatic rings. The van der Waals surface area contributed by atoms with Gasteiger partial charge in [0.2, 0.25) is 0 Å². The highest BCUT2D eigenvalue weighted by atomic mass is 32.2. The van der Waals surface area contributed by atoms with Crippen molar-refractivity contribution < 1.29 is 0 Å².